The van der Waals surface area contributed by atoms with E-state index in [9.17, 15) is 0 Å². The molecular formula is C48H36N4OPd. The van der Waals surface area contributed by atoms with Crippen LogP contribution in [0.5, 0.6) is 11.5 Å². The molecule has 264 valence electrons. The molecule has 4 aromatic heterocycles. The van der Waals surface area contributed by atoms with E-state index < -0.39 is 0 Å². The van der Waals surface area contributed by atoms with Gasteiger partial charge in [-0.3, -0.25) is 4.98 Å². The molecule has 6 heteroatoms. The van der Waals surface area contributed by atoms with Crippen LogP contribution in [0.4, 0.5) is 0 Å². The van der Waals surface area contributed by atoms with Crippen LogP contribution in [0.3, 0.4) is 0 Å². The Balaban J connectivity index is 0.00000384. The van der Waals surface area contributed by atoms with Gasteiger partial charge in [-0.15, -0.1) is 29.7 Å². The molecule has 0 radical (unpaired) electrons. The summed E-state index contributed by atoms with van der Waals surface area (Å²) >= 11 is 0. The van der Waals surface area contributed by atoms with E-state index in [4.69, 9.17) is 9.72 Å². The molecule has 0 N–H and O–H groups in total. The van der Waals surface area contributed by atoms with Crippen LogP contribution >= 0.6 is 0 Å². The Hall–Kier alpha value is -5.80. The van der Waals surface area contributed by atoms with E-state index in [2.05, 4.69) is 145 Å². The van der Waals surface area contributed by atoms with E-state index in [0.29, 0.717) is 23.3 Å². The Labute approximate surface area is 327 Å². The summed E-state index contributed by atoms with van der Waals surface area (Å²) in [5, 5.41) is 5.41. The first kappa shape index (κ1) is 34.0. The summed E-state index contributed by atoms with van der Waals surface area (Å²) in [6, 6.07) is 52.0. The molecule has 0 aliphatic carbocycles. The van der Waals surface area contributed by atoms with Crippen LogP contribution < -0.4 is 4.74 Å². The van der Waals surface area contributed by atoms with Crippen LogP contribution in [-0.4, -0.2) is 18.9 Å². The molecule has 0 spiro atoms. The first-order chi connectivity index (χ1) is 25.9. The average Bonchev–Trinajstić information content (AvgIpc) is 3.74. The Morgan fingerprint density at radius 2 is 1.35 bits per heavy atom. The number of aromatic nitrogens is 4. The maximum absolute atomic E-state index is 6.64. The molecule has 0 unspecified atom stereocenters. The van der Waals surface area contributed by atoms with E-state index >= 15 is 0 Å². The van der Waals surface area contributed by atoms with Crippen molar-refractivity contribution < 1.29 is 25.2 Å². The predicted octanol–water partition coefficient (Wildman–Crippen LogP) is 12.6. The summed E-state index contributed by atoms with van der Waals surface area (Å²) in [4.78, 5) is 9.88. The zero-order valence-electron chi connectivity index (χ0n) is 30.4. The number of benzene rings is 6. The van der Waals surface area contributed by atoms with Crippen molar-refractivity contribution in [1.82, 2.24) is 18.9 Å². The van der Waals surface area contributed by atoms with E-state index in [0.717, 1.165) is 60.6 Å². The largest absolute Gasteiger partial charge is 2.00 e. The van der Waals surface area contributed by atoms with E-state index in [-0.39, 0.29) is 20.4 Å². The van der Waals surface area contributed by atoms with Crippen LogP contribution in [0.1, 0.15) is 50.7 Å². The van der Waals surface area contributed by atoms with Crippen molar-refractivity contribution in [1.29, 1.82) is 0 Å². The van der Waals surface area contributed by atoms with Gasteiger partial charge in [-0.1, -0.05) is 117 Å². The molecule has 0 aliphatic heterocycles. The van der Waals surface area contributed by atoms with E-state index in [1.807, 2.05) is 42.6 Å². The molecule has 0 atom stereocenters. The summed E-state index contributed by atoms with van der Waals surface area (Å²) < 4.78 is 11.1. The van der Waals surface area contributed by atoms with Gasteiger partial charge in [0, 0.05) is 28.7 Å². The molecule has 0 fully saturated rings. The second-order valence-corrected chi connectivity index (χ2v) is 14.5. The fraction of sp³-hybridized carbons (Fsp3) is 0.125. The number of ether oxygens (including phenoxy) is 1. The monoisotopic (exact) mass is 790 g/mol. The third-order valence-electron chi connectivity index (χ3n) is 10.6. The number of nitrogens with zero attached hydrogens (tertiary/aromatic N) is 4. The van der Waals surface area contributed by atoms with Gasteiger partial charge in [-0.05, 0) is 81.3 Å². The van der Waals surface area contributed by atoms with Gasteiger partial charge in [0.15, 0.2) is 0 Å². The van der Waals surface area contributed by atoms with Gasteiger partial charge in [-0.2, -0.15) is 6.07 Å². The Morgan fingerprint density at radius 1 is 0.611 bits per heavy atom. The molecule has 4 heterocycles. The summed E-state index contributed by atoms with van der Waals surface area (Å²) in [7, 11) is 0. The molecule has 10 rings (SSSR count). The van der Waals surface area contributed by atoms with E-state index in [1.54, 1.807) is 0 Å². The molecular weight excluding hydrogens is 755 g/mol. The number of imidazole rings is 1. The van der Waals surface area contributed by atoms with Crippen LogP contribution in [0.25, 0.3) is 77.1 Å². The molecule has 5 nitrogen and oxygen atoms in total. The zero-order chi connectivity index (χ0) is 35.8. The first-order valence-electron chi connectivity index (χ1n) is 18.3. The topological polar surface area (TPSA) is 44.3 Å². The maximum Gasteiger partial charge on any atom is 2.00 e. The molecule has 0 saturated carbocycles. The van der Waals surface area contributed by atoms with Crippen molar-refractivity contribution >= 4 is 60.2 Å². The zero-order valence-corrected chi connectivity index (χ0v) is 31.9. The van der Waals surface area contributed by atoms with Crippen molar-refractivity contribution in [3.8, 4) is 28.4 Å². The minimum absolute atomic E-state index is 0. The average molecular weight is 791 g/mol. The Morgan fingerprint density at radius 3 is 2.15 bits per heavy atom. The van der Waals surface area contributed by atoms with Crippen molar-refractivity contribution in [3.63, 3.8) is 0 Å². The number of rotatable bonds is 6. The second-order valence-electron chi connectivity index (χ2n) is 14.5. The van der Waals surface area contributed by atoms with Crippen LogP contribution in [0, 0.1) is 12.1 Å². The number of fused-ring (bicyclic) bond motifs is 11. The van der Waals surface area contributed by atoms with Crippen LogP contribution in [0.15, 0.2) is 134 Å². The molecule has 0 amide bonds. The number of pyridine rings is 2. The van der Waals surface area contributed by atoms with Gasteiger partial charge >= 0.3 is 20.4 Å². The van der Waals surface area contributed by atoms with Crippen molar-refractivity contribution in [3.05, 3.63) is 157 Å². The first-order valence-corrected chi connectivity index (χ1v) is 18.3. The number of hydrogen-bond acceptors (Lipinski definition) is 3. The van der Waals surface area contributed by atoms with Crippen LogP contribution in [0.2, 0.25) is 0 Å². The maximum atomic E-state index is 6.64. The predicted molar refractivity (Wildman–Crippen MR) is 218 cm³/mol. The third-order valence-corrected chi connectivity index (χ3v) is 10.6. The molecule has 0 aliphatic rings. The summed E-state index contributed by atoms with van der Waals surface area (Å²) in [6.45, 7) is 9.08. The third kappa shape index (κ3) is 5.32. The van der Waals surface area contributed by atoms with Gasteiger partial charge in [0.1, 0.15) is 5.82 Å². The number of hydrogen-bond donors (Lipinski definition) is 0. The SMILES string of the molecule is CC(C)c1ccc(C(C)C)c(-c2cccc3c2c2ccc(Oc4[c-]c5c(cc4)c4ccccc4n5-c4ccccn4)[c-]c2c2nc4ccccc4n32)c1.[Pd+2]. The Kier molecular flexibility index (Phi) is 8.34. The van der Waals surface area contributed by atoms with Gasteiger partial charge in [0.05, 0.1) is 16.7 Å². The molecule has 54 heavy (non-hydrogen) atoms. The summed E-state index contributed by atoms with van der Waals surface area (Å²) in [6.07, 6.45) is 1.82. The quantitative estimate of drug-likeness (QED) is 0.0957. The molecule has 0 bridgehead atoms. The smallest absolute Gasteiger partial charge is 0.503 e. The van der Waals surface area contributed by atoms with Gasteiger partial charge < -0.3 is 13.7 Å². The standard InChI is InChI=1S/C48H36N4O.Pd/c1-29(2)31-19-22-34(30(3)4)39(26-31)37-13-11-17-44-47(37)38-24-21-32(27-40(38)48-50-41-14-6-8-16-43(41)52(44)48)53-33-20-23-36-35-12-5-7-15-42(35)51(45(36)28-33)46-18-9-10-25-49-46;/h5-26,29-30H,1-4H3;/q-2;+2. The Bertz CT molecular complexity index is 3050. The fourth-order valence-corrected chi connectivity index (χ4v) is 8.04. The summed E-state index contributed by atoms with van der Waals surface area (Å²) in [5.41, 5.74) is 11.1. The molecule has 6 aromatic carbocycles. The number of para-hydroxylation sites is 3. The fourth-order valence-electron chi connectivity index (χ4n) is 8.04. The second kappa shape index (κ2) is 13.3. The van der Waals surface area contributed by atoms with E-state index in [1.165, 1.54) is 27.6 Å². The molecule has 10 aromatic rings. The molecule has 0 saturated heterocycles. The van der Waals surface area contributed by atoms with Crippen molar-refractivity contribution in [2.24, 2.45) is 0 Å². The van der Waals surface area contributed by atoms with Gasteiger partial charge in [-0.25, -0.2) is 4.98 Å². The van der Waals surface area contributed by atoms with Crippen molar-refractivity contribution in [2.75, 3.05) is 0 Å². The minimum atomic E-state index is 0. The normalized spacial score (nSPS) is 11.9. The van der Waals surface area contributed by atoms with Gasteiger partial charge in [0.2, 0.25) is 0 Å². The minimum Gasteiger partial charge on any atom is -0.503 e. The summed E-state index contributed by atoms with van der Waals surface area (Å²) in [5.74, 6) is 2.82. The van der Waals surface area contributed by atoms with Crippen molar-refractivity contribution in [2.45, 2.75) is 39.5 Å². The van der Waals surface area contributed by atoms with Gasteiger partial charge in [0.25, 0.3) is 0 Å². The van der Waals surface area contributed by atoms with Crippen LogP contribution in [-0.2, 0) is 20.4 Å².